The van der Waals surface area contributed by atoms with Gasteiger partial charge in [-0.3, -0.25) is 0 Å². The second-order valence-corrected chi connectivity index (χ2v) is 2.86. The molecule has 1 heterocycles. The molecule has 12 heavy (non-hydrogen) atoms. The van der Waals surface area contributed by atoms with Crippen LogP contribution in [0, 0.1) is 0 Å². The zero-order valence-corrected chi connectivity index (χ0v) is 8.28. The summed E-state index contributed by atoms with van der Waals surface area (Å²) in [5.41, 5.74) is 0. The molecule has 0 bridgehead atoms. The van der Waals surface area contributed by atoms with Gasteiger partial charge in [-0.15, -0.1) is 12.4 Å². The minimum atomic E-state index is 0. The Morgan fingerprint density at radius 3 is 2.83 bits per heavy atom. The van der Waals surface area contributed by atoms with Gasteiger partial charge in [-0.2, -0.15) is 0 Å². The number of hydrogen-bond donors (Lipinski definition) is 2. The molecule has 0 aromatic heterocycles. The van der Waals surface area contributed by atoms with E-state index in [1.54, 1.807) is 7.05 Å². The molecular formula is C7H16ClN3O. The second kappa shape index (κ2) is 5.22. The van der Waals surface area contributed by atoms with Crippen LogP contribution < -0.4 is 10.6 Å². The lowest BCUT2D eigenvalue weighted by molar-refractivity contribution is 0.181. The number of hydrogen-bond acceptors (Lipinski definition) is 2. The summed E-state index contributed by atoms with van der Waals surface area (Å²) in [4.78, 5) is 12.9. The summed E-state index contributed by atoms with van der Waals surface area (Å²) in [7, 11) is 1.66. The highest BCUT2D eigenvalue weighted by Crippen LogP contribution is 1.97. The van der Waals surface area contributed by atoms with Gasteiger partial charge in [-0.1, -0.05) is 0 Å². The summed E-state index contributed by atoms with van der Waals surface area (Å²) in [5, 5.41) is 5.88. The highest BCUT2D eigenvalue weighted by Gasteiger charge is 2.18. The molecule has 2 amide bonds. The van der Waals surface area contributed by atoms with Crippen LogP contribution in [0.1, 0.15) is 6.92 Å². The zero-order chi connectivity index (χ0) is 8.27. The van der Waals surface area contributed by atoms with Crippen molar-refractivity contribution in [3.63, 3.8) is 0 Å². The van der Waals surface area contributed by atoms with E-state index in [9.17, 15) is 4.79 Å². The monoisotopic (exact) mass is 193 g/mol. The first kappa shape index (κ1) is 11.5. The maximum absolute atomic E-state index is 11.1. The molecule has 1 atom stereocenters. The van der Waals surface area contributed by atoms with E-state index in [1.165, 1.54) is 0 Å². The largest absolute Gasteiger partial charge is 0.341 e. The molecule has 0 aromatic carbocycles. The average molecular weight is 194 g/mol. The molecule has 0 saturated carbocycles. The van der Waals surface area contributed by atoms with Gasteiger partial charge in [-0.25, -0.2) is 4.79 Å². The van der Waals surface area contributed by atoms with Gasteiger partial charge in [0.2, 0.25) is 0 Å². The van der Waals surface area contributed by atoms with E-state index >= 15 is 0 Å². The Balaban J connectivity index is 0.00000121. The first-order chi connectivity index (χ1) is 5.24. The molecule has 1 fully saturated rings. The smallest absolute Gasteiger partial charge is 0.317 e. The van der Waals surface area contributed by atoms with E-state index in [-0.39, 0.29) is 18.4 Å². The molecule has 0 aromatic rings. The fourth-order valence-electron chi connectivity index (χ4n) is 1.27. The first-order valence-electron chi connectivity index (χ1n) is 3.94. The number of piperazine rings is 1. The van der Waals surface area contributed by atoms with Crippen LogP contribution in [0.5, 0.6) is 0 Å². The summed E-state index contributed by atoms with van der Waals surface area (Å²) < 4.78 is 0. The molecule has 0 radical (unpaired) electrons. The van der Waals surface area contributed by atoms with Gasteiger partial charge in [0.1, 0.15) is 0 Å². The summed E-state index contributed by atoms with van der Waals surface area (Å²) in [5.74, 6) is 0. The predicted molar refractivity (Wildman–Crippen MR) is 50.7 cm³/mol. The van der Waals surface area contributed by atoms with E-state index in [4.69, 9.17) is 0 Å². The van der Waals surface area contributed by atoms with Crippen molar-refractivity contribution in [3.05, 3.63) is 0 Å². The number of halogens is 1. The van der Waals surface area contributed by atoms with Crippen LogP contribution in [0.15, 0.2) is 0 Å². The molecule has 72 valence electrons. The van der Waals surface area contributed by atoms with Crippen LogP contribution in [-0.4, -0.2) is 43.7 Å². The lowest BCUT2D eigenvalue weighted by atomic mass is 10.2. The minimum absolute atomic E-state index is 0. The lowest BCUT2D eigenvalue weighted by Crippen LogP contribution is -2.53. The first-order valence-corrected chi connectivity index (χ1v) is 3.94. The Kier molecular flexibility index (Phi) is 5.01. The Morgan fingerprint density at radius 2 is 2.33 bits per heavy atom. The van der Waals surface area contributed by atoms with Gasteiger partial charge in [-0.05, 0) is 6.92 Å². The third kappa shape index (κ3) is 2.87. The standard InChI is InChI=1S/C7H15N3O.ClH/c1-6-5-10(4-3-9-6)7(11)8-2;/h6,9H,3-5H2,1-2H3,(H,8,11);1H/t6-;/m1./s1. The Morgan fingerprint density at radius 1 is 1.67 bits per heavy atom. The lowest BCUT2D eigenvalue weighted by Gasteiger charge is -2.31. The van der Waals surface area contributed by atoms with Crippen LogP contribution in [0.4, 0.5) is 4.79 Å². The third-order valence-electron chi connectivity index (χ3n) is 1.87. The zero-order valence-electron chi connectivity index (χ0n) is 7.46. The Labute approximate surface area is 79.1 Å². The van der Waals surface area contributed by atoms with Gasteiger partial charge in [0.25, 0.3) is 0 Å². The van der Waals surface area contributed by atoms with Crippen molar-refractivity contribution >= 4 is 18.4 Å². The fraction of sp³-hybridized carbons (Fsp3) is 0.857. The SMILES string of the molecule is CNC(=O)N1CCN[C@H](C)C1.Cl. The van der Waals surface area contributed by atoms with Crippen LogP contribution in [0.2, 0.25) is 0 Å². The fourth-order valence-corrected chi connectivity index (χ4v) is 1.27. The maximum atomic E-state index is 11.1. The van der Waals surface area contributed by atoms with Gasteiger partial charge >= 0.3 is 6.03 Å². The molecular weight excluding hydrogens is 178 g/mol. The molecule has 5 heteroatoms. The minimum Gasteiger partial charge on any atom is -0.341 e. The molecule has 4 nitrogen and oxygen atoms in total. The number of nitrogens with zero attached hydrogens (tertiary/aromatic N) is 1. The Hall–Kier alpha value is -0.480. The van der Waals surface area contributed by atoms with Crippen molar-refractivity contribution in [1.29, 1.82) is 0 Å². The van der Waals surface area contributed by atoms with E-state index in [0.29, 0.717) is 6.04 Å². The average Bonchev–Trinajstić information content (AvgIpc) is 2.03. The van der Waals surface area contributed by atoms with Crippen LogP contribution in [-0.2, 0) is 0 Å². The molecule has 0 spiro atoms. The van der Waals surface area contributed by atoms with E-state index in [0.717, 1.165) is 19.6 Å². The van der Waals surface area contributed by atoms with Crippen molar-refractivity contribution in [3.8, 4) is 0 Å². The summed E-state index contributed by atoms with van der Waals surface area (Å²) in [6.45, 7) is 4.59. The van der Waals surface area contributed by atoms with Gasteiger partial charge in [0.05, 0.1) is 0 Å². The van der Waals surface area contributed by atoms with Crippen molar-refractivity contribution in [2.24, 2.45) is 0 Å². The third-order valence-corrected chi connectivity index (χ3v) is 1.87. The van der Waals surface area contributed by atoms with Gasteiger partial charge in [0.15, 0.2) is 0 Å². The highest BCUT2D eigenvalue weighted by molar-refractivity contribution is 5.85. The van der Waals surface area contributed by atoms with Crippen molar-refractivity contribution in [1.82, 2.24) is 15.5 Å². The van der Waals surface area contributed by atoms with E-state index in [2.05, 4.69) is 17.6 Å². The second-order valence-electron chi connectivity index (χ2n) is 2.86. The molecule has 1 saturated heterocycles. The normalized spacial score (nSPS) is 22.8. The van der Waals surface area contributed by atoms with Crippen molar-refractivity contribution < 1.29 is 4.79 Å². The van der Waals surface area contributed by atoms with Crippen LogP contribution >= 0.6 is 12.4 Å². The number of carbonyl (C=O) groups excluding carboxylic acids is 1. The molecule has 1 aliphatic rings. The molecule has 1 aliphatic heterocycles. The number of nitrogens with one attached hydrogen (secondary N) is 2. The topological polar surface area (TPSA) is 44.4 Å². The Bertz CT molecular complexity index is 154. The van der Waals surface area contributed by atoms with E-state index < -0.39 is 0 Å². The molecule has 2 N–H and O–H groups in total. The molecule has 0 unspecified atom stereocenters. The molecule has 0 aliphatic carbocycles. The predicted octanol–water partition coefficient (Wildman–Crippen LogP) is 0.0413. The van der Waals surface area contributed by atoms with E-state index in [1.807, 2.05) is 4.90 Å². The quantitative estimate of drug-likeness (QED) is 0.571. The number of urea groups is 1. The number of amides is 2. The number of carbonyl (C=O) groups is 1. The molecule has 1 rings (SSSR count). The van der Waals surface area contributed by atoms with Crippen molar-refractivity contribution in [2.75, 3.05) is 26.7 Å². The summed E-state index contributed by atoms with van der Waals surface area (Å²) in [6.07, 6.45) is 0. The summed E-state index contributed by atoms with van der Waals surface area (Å²) >= 11 is 0. The van der Waals surface area contributed by atoms with Crippen LogP contribution in [0.25, 0.3) is 0 Å². The number of rotatable bonds is 0. The van der Waals surface area contributed by atoms with Gasteiger partial charge < -0.3 is 15.5 Å². The van der Waals surface area contributed by atoms with Gasteiger partial charge in [0, 0.05) is 32.7 Å². The van der Waals surface area contributed by atoms with Crippen LogP contribution in [0.3, 0.4) is 0 Å². The summed E-state index contributed by atoms with van der Waals surface area (Å²) in [6, 6.07) is 0.444. The highest BCUT2D eigenvalue weighted by atomic mass is 35.5. The maximum Gasteiger partial charge on any atom is 0.317 e. The van der Waals surface area contributed by atoms with Crippen molar-refractivity contribution in [2.45, 2.75) is 13.0 Å².